The monoisotopic (exact) mass is 714 g/mol. The summed E-state index contributed by atoms with van der Waals surface area (Å²) in [5.41, 5.74) is 3.31. The molecule has 0 radical (unpaired) electrons. The third-order valence-electron chi connectivity index (χ3n) is 7.28. The molecule has 1 aromatic heterocycles. The molecule has 0 aliphatic carbocycles. The number of hydrogen-bond donors (Lipinski definition) is 3. The Labute approximate surface area is 297 Å². The molecule has 264 valence electrons. The highest BCUT2D eigenvalue weighted by atomic mass is 32.2. The van der Waals surface area contributed by atoms with E-state index in [4.69, 9.17) is 14.2 Å². The molecule has 51 heavy (non-hydrogen) atoms. The number of carbonyl (C=O) groups is 6. The topological polar surface area (TPSA) is 195 Å². The molecule has 5 rings (SSSR count). The number of hydrogen-bond acceptors (Lipinski definition) is 11. The van der Waals surface area contributed by atoms with E-state index < -0.39 is 36.1 Å². The molecule has 0 bridgehead atoms. The van der Waals surface area contributed by atoms with Gasteiger partial charge in [0, 0.05) is 18.3 Å². The van der Waals surface area contributed by atoms with Crippen LogP contribution in [-0.4, -0.2) is 74.3 Å². The number of carboxylic acids is 2. The minimum absolute atomic E-state index is 0.0253. The van der Waals surface area contributed by atoms with Gasteiger partial charge in [-0.25, -0.2) is 19.2 Å². The first-order chi connectivity index (χ1) is 24.5. The fourth-order valence-electron chi connectivity index (χ4n) is 4.55. The van der Waals surface area contributed by atoms with Crippen molar-refractivity contribution in [1.29, 1.82) is 0 Å². The number of aryl methyl sites for hydroxylation is 1. The minimum atomic E-state index is -2.21. The molecule has 4 aromatic rings. The number of thioether (sulfide) groups is 1. The number of imide groups is 1. The molecular formula is C37H34N2O11S. The van der Waals surface area contributed by atoms with E-state index in [1.165, 1.54) is 54.1 Å². The Morgan fingerprint density at radius 1 is 0.765 bits per heavy atom. The number of amides is 2. The molecule has 0 saturated carbocycles. The highest BCUT2D eigenvalue weighted by Crippen LogP contribution is 2.24. The van der Waals surface area contributed by atoms with E-state index in [0.717, 1.165) is 41.6 Å². The maximum Gasteiger partial charge on any atom is 0.349 e. The summed E-state index contributed by atoms with van der Waals surface area (Å²) in [4.78, 5) is 74.0. The second-order valence-corrected chi connectivity index (χ2v) is 12.1. The average molecular weight is 715 g/mol. The molecule has 13 nitrogen and oxygen atoms in total. The van der Waals surface area contributed by atoms with Crippen LogP contribution in [0, 0.1) is 0 Å². The van der Waals surface area contributed by atoms with Gasteiger partial charge in [0.2, 0.25) is 18.1 Å². The van der Waals surface area contributed by atoms with E-state index in [2.05, 4.69) is 23.3 Å². The van der Waals surface area contributed by atoms with Crippen LogP contribution >= 0.6 is 11.8 Å². The number of rotatable bonds is 14. The van der Waals surface area contributed by atoms with E-state index in [0.29, 0.717) is 13.0 Å². The first kappa shape index (κ1) is 37.8. The predicted molar refractivity (Wildman–Crippen MR) is 184 cm³/mol. The van der Waals surface area contributed by atoms with Crippen LogP contribution in [0.25, 0.3) is 0 Å². The number of pyridine rings is 1. The van der Waals surface area contributed by atoms with Gasteiger partial charge in [-0.15, -0.1) is 0 Å². The predicted octanol–water partition coefficient (Wildman–Crippen LogP) is 4.77. The Morgan fingerprint density at radius 2 is 1.29 bits per heavy atom. The lowest BCUT2D eigenvalue weighted by Gasteiger charge is -2.21. The summed E-state index contributed by atoms with van der Waals surface area (Å²) in [6.07, 6.45) is -0.235. The van der Waals surface area contributed by atoms with Crippen molar-refractivity contribution in [3.8, 4) is 5.75 Å². The second-order valence-electron chi connectivity index (χ2n) is 10.9. The average Bonchev–Trinajstić information content (AvgIpc) is 3.46. The van der Waals surface area contributed by atoms with Gasteiger partial charge in [0.05, 0.1) is 23.0 Å². The van der Waals surface area contributed by atoms with Crippen molar-refractivity contribution in [2.45, 2.75) is 43.6 Å². The number of ether oxygens (including phenoxy) is 3. The fourth-order valence-corrected chi connectivity index (χ4v) is 5.41. The summed E-state index contributed by atoms with van der Waals surface area (Å²) >= 11 is 1.05. The van der Waals surface area contributed by atoms with Gasteiger partial charge in [0.25, 0.3) is 5.24 Å². The van der Waals surface area contributed by atoms with Gasteiger partial charge in [-0.05, 0) is 66.4 Å². The van der Waals surface area contributed by atoms with Crippen molar-refractivity contribution in [2.75, 3.05) is 6.61 Å². The third-order valence-corrected chi connectivity index (χ3v) is 8.26. The number of nitrogens with zero attached hydrogens (tertiary/aromatic N) is 1. The molecule has 1 saturated heterocycles. The van der Waals surface area contributed by atoms with Crippen LogP contribution in [0.2, 0.25) is 0 Å². The Kier molecular flexibility index (Phi) is 13.8. The summed E-state index contributed by atoms with van der Waals surface area (Å²) in [5.74, 6) is -5.06. The number of aliphatic carboxylic acids is 2. The van der Waals surface area contributed by atoms with E-state index in [1.807, 2.05) is 36.5 Å². The van der Waals surface area contributed by atoms with E-state index in [9.17, 15) is 39.0 Å². The minimum Gasteiger partial charge on any atom is -0.493 e. The van der Waals surface area contributed by atoms with Crippen LogP contribution < -0.4 is 10.1 Å². The van der Waals surface area contributed by atoms with Gasteiger partial charge in [0.1, 0.15) is 5.75 Å². The lowest BCUT2D eigenvalue weighted by molar-refractivity contribution is -0.166. The Morgan fingerprint density at radius 3 is 1.73 bits per heavy atom. The Hall–Kier alpha value is -6.02. The molecule has 3 atom stereocenters. The Bertz CT molecular complexity index is 1750. The molecule has 1 aliphatic rings. The quantitative estimate of drug-likeness (QED) is 0.151. The van der Waals surface area contributed by atoms with Crippen molar-refractivity contribution in [3.63, 3.8) is 0 Å². The van der Waals surface area contributed by atoms with Crippen LogP contribution in [0.1, 0.15) is 44.5 Å². The third kappa shape index (κ3) is 11.5. The van der Waals surface area contributed by atoms with Gasteiger partial charge in [-0.3, -0.25) is 19.9 Å². The maximum absolute atomic E-state index is 12.0. The summed E-state index contributed by atoms with van der Waals surface area (Å²) in [5, 5.41) is 20.2. The molecule has 14 heteroatoms. The lowest BCUT2D eigenvalue weighted by Crippen LogP contribution is -2.45. The van der Waals surface area contributed by atoms with Crippen molar-refractivity contribution < 1.29 is 53.2 Å². The first-order valence-corrected chi connectivity index (χ1v) is 16.6. The molecule has 3 N–H and O–H groups in total. The maximum atomic E-state index is 12.0. The first-order valence-electron chi connectivity index (χ1n) is 15.7. The van der Waals surface area contributed by atoms with Gasteiger partial charge >= 0.3 is 23.9 Å². The lowest BCUT2D eigenvalue weighted by atomic mass is 10.1. The number of aromatic nitrogens is 1. The number of esters is 2. The van der Waals surface area contributed by atoms with Crippen molar-refractivity contribution in [2.24, 2.45) is 0 Å². The van der Waals surface area contributed by atoms with Gasteiger partial charge in [-0.2, -0.15) is 0 Å². The number of carbonyl (C=O) groups excluding carboxylic acids is 4. The van der Waals surface area contributed by atoms with Gasteiger partial charge in [-0.1, -0.05) is 73.3 Å². The van der Waals surface area contributed by atoms with Gasteiger partial charge in [0.15, 0.2) is 0 Å². The highest BCUT2D eigenvalue weighted by molar-refractivity contribution is 8.15. The number of nitrogens with one attached hydrogen (secondary N) is 1. The zero-order valence-corrected chi connectivity index (χ0v) is 28.1. The van der Waals surface area contributed by atoms with E-state index >= 15 is 0 Å². The summed E-state index contributed by atoms with van der Waals surface area (Å²) in [6.45, 7) is 2.67. The molecule has 2 heterocycles. The summed E-state index contributed by atoms with van der Waals surface area (Å²) < 4.78 is 15.3. The van der Waals surface area contributed by atoms with Crippen LogP contribution in [0.5, 0.6) is 5.75 Å². The fraction of sp³-hybridized carbons (Fsp3) is 0.216. The number of benzene rings is 3. The van der Waals surface area contributed by atoms with Crippen molar-refractivity contribution in [3.05, 3.63) is 131 Å². The van der Waals surface area contributed by atoms with Crippen LogP contribution in [0.15, 0.2) is 103 Å². The molecule has 1 fully saturated rings. The highest BCUT2D eigenvalue weighted by Gasteiger charge is 2.41. The molecular weight excluding hydrogens is 680 g/mol. The normalized spacial score (nSPS) is 14.6. The van der Waals surface area contributed by atoms with Crippen molar-refractivity contribution in [1.82, 2.24) is 10.3 Å². The molecule has 1 unspecified atom stereocenters. The van der Waals surface area contributed by atoms with E-state index in [-0.39, 0.29) is 27.5 Å². The van der Waals surface area contributed by atoms with E-state index in [1.54, 1.807) is 12.1 Å². The zero-order valence-electron chi connectivity index (χ0n) is 27.3. The smallest absolute Gasteiger partial charge is 0.349 e. The zero-order chi connectivity index (χ0) is 36.8. The molecule has 2 amide bonds. The molecule has 0 spiro atoms. The largest absolute Gasteiger partial charge is 0.493 e. The Balaban J connectivity index is 0.000000229. The number of carboxylic acid groups (broad SMARTS) is 2. The summed E-state index contributed by atoms with van der Waals surface area (Å²) in [6, 6.07) is 26.6. The SMILES string of the molecule is CCc1ccc(CCOc2ccc(CC3SC(=O)NC3=O)cc2)nc1.O=C(O[C@@H](C(=O)O)[C@@H](OC(=O)c1ccccc1)C(=O)O)c1ccccc1. The second kappa shape index (κ2) is 18.7. The van der Waals surface area contributed by atoms with Crippen LogP contribution in [-0.2, 0) is 43.1 Å². The van der Waals surface area contributed by atoms with Crippen molar-refractivity contribution >= 4 is 46.8 Å². The van der Waals surface area contributed by atoms with Gasteiger partial charge < -0.3 is 24.4 Å². The van der Waals surface area contributed by atoms with Crippen LogP contribution in [0.3, 0.4) is 0 Å². The van der Waals surface area contributed by atoms with Crippen LogP contribution in [0.4, 0.5) is 4.79 Å². The molecule has 1 aliphatic heterocycles. The summed E-state index contributed by atoms with van der Waals surface area (Å²) in [7, 11) is 0. The standard InChI is InChI=1S/C19H20N2O3S.C18H14O8/c1-2-13-3-6-15(20-12-13)9-10-24-16-7-4-14(5-8-16)11-17-18(22)21-19(23)25-17;19-15(20)13(25-17(23)11-7-3-1-4-8-11)14(16(21)22)26-18(24)12-9-5-2-6-10-12/h3-8,12,17H,2,9-11H2,1H3,(H,21,22,23);1-10,13-14H,(H,19,20)(H,21,22)/t;13-,14-/m.1/s1. The molecule has 3 aromatic carbocycles.